The van der Waals surface area contributed by atoms with Crippen molar-refractivity contribution in [3.8, 4) is 5.69 Å². The normalized spacial score (nSPS) is 19.5. The average molecular weight is 412 g/mol. The summed E-state index contributed by atoms with van der Waals surface area (Å²) < 4.78 is 15.6. The fourth-order valence-corrected chi connectivity index (χ4v) is 4.61. The van der Waals surface area contributed by atoms with E-state index < -0.39 is 0 Å². The number of carbonyl (C=O) groups excluding carboxylic acids is 1. The quantitative estimate of drug-likeness (QED) is 0.715. The van der Waals surface area contributed by atoms with E-state index in [2.05, 4.69) is 5.32 Å². The average Bonchev–Trinajstić information content (AvgIpc) is 3.41. The Kier molecular flexibility index (Phi) is 4.58. The second-order valence-electron chi connectivity index (χ2n) is 7.73. The molecule has 1 aliphatic carbocycles. The Labute approximate surface area is 171 Å². The van der Waals surface area contributed by atoms with Gasteiger partial charge in [0.15, 0.2) is 0 Å². The van der Waals surface area contributed by atoms with Crippen molar-refractivity contribution in [2.75, 3.05) is 18.0 Å². The molecule has 6 nitrogen and oxygen atoms in total. The maximum absolute atomic E-state index is 13.5. The van der Waals surface area contributed by atoms with Gasteiger partial charge in [0.2, 0.25) is 11.9 Å². The lowest BCUT2D eigenvalue weighted by Gasteiger charge is -2.34. The van der Waals surface area contributed by atoms with Crippen molar-refractivity contribution in [1.29, 1.82) is 0 Å². The molecule has 1 unspecified atom stereocenters. The number of piperidine rings is 1. The fraction of sp³-hybridized carbons (Fsp3) is 0.381. The van der Waals surface area contributed by atoms with E-state index in [1.54, 1.807) is 16.7 Å². The Bertz CT molecular complexity index is 1120. The number of fused-ring (bicyclic) bond motifs is 1. The second-order valence-corrected chi connectivity index (χ2v) is 8.65. The summed E-state index contributed by atoms with van der Waals surface area (Å²) in [4.78, 5) is 32.6. The molecule has 1 aromatic carbocycles. The Morgan fingerprint density at radius 3 is 2.72 bits per heavy atom. The van der Waals surface area contributed by atoms with E-state index in [4.69, 9.17) is 4.98 Å². The minimum atomic E-state index is -0.358. The number of hydrogen-bond donors (Lipinski definition) is 1. The number of thiophene rings is 1. The Hall–Kier alpha value is -2.74. The number of nitrogens with zero attached hydrogens (tertiary/aromatic N) is 3. The number of aromatic nitrogens is 2. The molecule has 0 spiro atoms. The number of hydrogen-bond acceptors (Lipinski definition) is 5. The molecule has 1 saturated carbocycles. The molecular weight excluding hydrogens is 391 g/mol. The zero-order chi connectivity index (χ0) is 20.0. The summed E-state index contributed by atoms with van der Waals surface area (Å²) in [6.07, 6.45) is 3.80. The number of rotatable bonds is 4. The van der Waals surface area contributed by atoms with Crippen LogP contribution in [-0.2, 0) is 4.79 Å². The fourth-order valence-electron chi connectivity index (χ4n) is 3.86. The first kappa shape index (κ1) is 18.3. The Morgan fingerprint density at radius 1 is 1.17 bits per heavy atom. The molecule has 1 saturated heterocycles. The summed E-state index contributed by atoms with van der Waals surface area (Å²) in [7, 11) is 0. The first-order valence-electron chi connectivity index (χ1n) is 9.91. The molecule has 2 aromatic heterocycles. The van der Waals surface area contributed by atoms with Gasteiger partial charge in [0, 0.05) is 19.1 Å². The van der Waals surface area contributed by atoms with Gasteiger partial charge in [-0.1, -0.05) is 0 Å². The highest BCUT2D eigenvalue weighted by Crippen LogP contribution is 2.27. The van der Waals surface area contributed by atoms with Crippen LogP contribution in [0, 0.1) is 11.7 Å². The Morgan fingerprint density at radius 2 is 1.97 bits per heavy atom. The molecule has 8 heteroatoms. The highest BCUT2D eigenvalue weighted by Gasteiger charge is 2.32. The number of carbonyl (C=O) groups is 1. The zero-order valence-corrected chi connectivity index (χ0v) is 16.6. The van der Waals surface area contributed by atoms with Crippen molar-refractivity contribution < 1.29 is 9.18 Å². The third kappa shape index (κ3) is 3.53. The predicted molar refractivity (Wildman–Crippen MR) is 111 cm³/mol. The third-order valence-corrected chi connectivity index (χ3v) is 6.44. The first-order valence-corrected chi connectivity index (χ1v) is 10.8. The molecule has 1 N–H and O–H groups in total. The van der Waals surface area contributed by atoms with Gasteiger partial charge in [0.25, 0.3) is 5.56 Å². The van der Waals surface area contributed by atoms with E-state index in [-0.39, 0.29) is 23.2 Å². The lowest BCUT2D eigenvalue weighted by molar-refractivity contribution is -0.125. The number of nitrogens with one attached hydrogen (secondary N) is 1. The molecule has 29 heavy (non-hydrogen) atoms. The molecule has 5 rings (SSSR count). The van der Waals surface area contributed by atoms with Gasteiger partial charge in [0.1, 0.15) is 10.5 Å². The third-order valence-electron chi connectivity index (χ3n) is 5.55. The molecule has 0 bridgehead atoms. The van der Waals surface area contributed by atoms with Crippen molar-refractivity contribution in [2.45, 2.75) is 31.7 Å². The van der Waals surface area contributed by atoms with Crippen molar-refractivity contribution >= 4 is 33.4 Å². The van der Waals surface area contributed by atoms with Crippen molar-refractivity contribution in [2.24, 2.45) is 5.92 Å². The van der Waals surface area contributed by atoms with Gasteiger partial charge in [-0.2, -0.15) is 0 Å². The summed E-state index contributed by atoms with van der Waals surface area (Å²) in [6.45, 7) is 1.23. The van der Waals surface area contributed by atoms with Crippen LogP contribution in [0.15, 0.2) is 40.5 Å². The molecule has 1 amide bonds. The van der Waals surface area contributed by atoms with Gasteiger partial charge in [-0.25, -0.2) is 13.9 Å². The first-order chi connectivity index (χ1) is 14.1. The van der Waals surface area contributed by atoms with E-state index in [1.807, 2.05) is 16.3 Å². The van der Waals surface area contributed by atoms with E-state index in [1.165, 1.54) is 23.5 Å². The van der Waals surface area contributed by atoms with Crippen LogP contribution in [0.1, 0.15) is 25.7 Å². The van der Waals surface area contributed by atoms with Crippen LogP contribution < -0.4 is 15.8 Å². The minimum absolute atomic E-state index is 0.0875. The molecule has 150 valence electrons. The largest absolute Gasteiger partial charge is 0.353 e. The number of benzene rings is 1. The topological polar surface area (TPSA) is 67.2 Å². The standard InChI is InChI=1S/C21H21FN4O2S/c22-14-3-7-16(8-4-14)26-20(28)18-17(9-11-29-18)24-21(26)25-10-1-2-13(12-25)19(27)23-15-5-6-15/h3-4,7-9,11,13,15H,1-2,5-6,10,12H2,(H,23,27). The van der Waals surface area contributed by atoms with E-state index >= 15 is 0 Å². The van der Waals surface area contributed by atoms with Crippen LogP contribution in [0.2, 0.25) is 0 Å². The maximum atomic E-state index is 13.5. The van der Waals surface area contributed by atoms with Crippen LogP contribution in [0.3, 0.4) is 0 Å². The van der Waals surface area contributed by atoms with Gasteiger partial charge in [-0.3, -0.25) is 9.59 Å². The van der Waals surface area contributed by atoms with Gasteiger partial charge in [-0.15, -0.1) is 11.3 Å². The van der Waals surface area contributed by atoms with Crippen molar-refractivity contribution in [1.82, 2.24) is 14.9 Å². The van der Waals surface area contributed by atoms with Crippen LogP contribution in [-0.4, -0.2) is 34.6 Å². The summed E-state index contributed by atoms with van der Waals surface area (Å²) in [6, 6.07) is 8.01. The molecular formula is C21H21FN4O2S. The molecule has 3 heterocycles. The van der Waals surface area contributed by atoms with Crippen LogP contribution >= 0.6 is 11.3 Å². The molecule has 0 radical (unpaired) electrons. The molecule has 1 atom stereocenters. The van der Waals surface area contributed by atoms with E-state index in [9.17, 15) is 14.0 Å². The maximum Gasteiger partial charge on any atom is 0.277 e. The Balaban J connectivity index is 1.56. The van der Waals surface area contributed by atoms with E-state index in [0.29, 0.717) is 34.4 Å². The summed E-state index contributed by atoms with van der Waals surface area (Å²) in [5.74, 6) is 0.116. The monoisotopic (exact) mass is 412 g/mol. The molecule has 1 aliphatic heterocycles. The SMILES string of the molecule is O=C(NC1CC1)C1CCCN(c2nc3ccsc3c(=O)n2-c2ccc(F)cc2)C1. The van der Waals surface area contributed by atoms with Crippen molar-refractivity contribution in [3.05, 3.63) is 51.9 Å². The van der Waals surface area contributed by atoms with Crippen molar-refractivity contribution in [3.63, 3.8) is 0 Å². The highest BCUT2D eigenvalue weighted by molar-refractivity contribution is 7.17. The number of amides is 1. The van der Waals surface area contributed by atoms with Crippen LogP contribution in [0.5, 0.6) is 0 Å². The van der Waals surface area contributed by atoms with Gasteiger partial charge >= 0.3 is 0 Å². The summed E-state index contributed by atoms with van der Waals surface area (Å²) in [5, 5.41) is 4.94. The van der Waals surface area contributed by atoms with Crippen LogP contribution in [0.4, 0.5) is 10.3 Å². The summed E-state index contributed by atoms with van der Waals surface area (Å²) >= 11 is 1.35. The predicted octanol–water partition coefficient (Wildman–Crippen LogP) is 3.08. The summed E-state index contributed by atoms with van der Waals surface area (Å²) in [5.41, 5.74) is 1.05. The second kappa shape index (κ2) is 7.26. The van der Waals surface area contributed by atoms with Gasteiger partial charge in [-0.05, 0) is 61.4 Å². The lowest BCUT2D eigenvalue weighted by Crippen LogP contribution is -2.45. The smallest absolute Gasteiger partial charge is 0.277 e. The molecule has 3 aromatic rings. The minimum Gasteiger partial charge on any atom is -0.353 e. The number of halogens is 1. The lowest BCUT2D eigenvalue weighted by atomic mass is 9.97. The van der Waals surface area contributed by atoms with Crippen LogP contribution in [0.25, 0.3) is 15.9 Å². The van der Waals surface area contributed by atoms with Gasteiger partial charge in [0.05, 0.1) is 17.1 Å². The highest BCUT2D eigenvalue weighted by atomic mass is 32.1. The van der Waals surface area contributed by atoms with Gasteiger partial charge < -0.3 is 10.2 Å². The number of anilines is 1. The molecule has 2 aliphatic rings. The molecule has 2 fully saturated rings. The van der Waals surface area contributed by atoms with E-state index in [0.717, 1.165) is 32.2 Å². The zero-order valence-electron chi connectivity index (χ0n) is 15.8.